The van der Waals surface area contributed by atoms with Crippen molar-refractivity contribution in [2.24, 2.45) is 0 Å². The molecule has 2 aromatic carbocycles. The number of urea groups is 1. The molecule has 1 saturated heterocycles. The van der Waals surface area contributed by atoms with Gasteiger partial charge in [-0.05, 0) is 35.9 Å². The van der Waals surface area contributed by atoms with Crippen molar-refractivity contribution in [2.75, 3.05) is 18.0 Å². The summed E-state index contributed by atoms with van der Waals surface area (Å²) in [5.74, 6) is 0. The van der Waals surface area contributed by atoms with Gasteiger partial charge in [0.25, 0.3) is 10.1 Å². The maximum absolute atomic E-state index is 11.8. The summed E-state index contributed by atoms with van der Waals surface area (Å²) >= 11 is 5.85. The minimum atomic E-state index is -4.40. The van der Waals surface area contributed by atoms with Crippen molar-refractivity contribution in [2.45, 2.75) is 4.90 Å². The molecule has 2 N–H and O–H groups in total. The summed E-state index contributed by atoms with van der Waals surface area (Å²) in [7, 11) is -4.40. The van der Waals surface area contributed by atoms with E-state index in [0.29, 0.717) is 34.9 Å². The van der Waals surface area contributed by atoms with Gasteiger partial charge in [0.2, 0.25) is 0 Å². The van der Waals surface area contributed by atoms with E-state index in [1.54, 1.807) is 30.3 Å². The lowest BCUT2D eigenvalue weighted by Crippen LogP contribution is -2.27. The smallest absolute Gasteiger partial charge is 0.321 e. The fraction of sp³-hybridized carbons (Fsp3) is 0.133. The standard InChI is InChI=1S/C15H13ClN2O4S/c16-11-3-1-10(2-4-11)13-9-12(18-8-7-17-15(18)19)5-6-14(13)23(20,21)22/h1-6,9H,7-8H2,(H,17,19)(H,20,21,22). The number of hydrogen-bond donors (Lipinski definition) is 2. The van der Waals surface area contributed by atoms with E-state index in [2.05, 4.69) is 5.32 Å². The zero-order chi connectivity index (χ0) is 16.6. The molecule has 2 aromatic rings. The van der Waals surface area contributed by atoms with E-state index in [-0.39, 0.29) is 10.9 Å². The number of anilines is 1. The van der Waals surface area contributed by atoms with Crippen LogP contribution in [-0.2, 0) is 10.1 Å². The second-order valence-corrected chi connectivity index (χ2v) is 6.87. The third-order valence-corrected chi connectivity index (χ3v) is 4.73. The van der Waals surface area contributed by atoms with Crippen LogP contribution in [0.3, 0.4) is 0 Å². The second-order valence-electron chi connectivity index (χ2n) is 5.05. The predicted octanol–water partition coefficient (Wildman–Crippen LogP) is 2.78. The van der Waals surface area contributed by atoms with Crippen molar-refractivity contribution in [3.8, 4) is 11.1 Å². The van der Waals surface area contributed by atoms with Crippen LogP contribution in [0.5, 0.6) is 0 Å². The summed E-state index contributed by atoms with van der Waals surface area (Å²) < 4.78 is 32.7. The zero-order valence-corrected chi connectivity index (χ0v) is 13.4. The average Bonchev–Trinajstić information content (AvgIpc) is 2.93. The van der Waals surface area contributed by atoms with E-state index in [1.807, 2.05) is 0 Å². The van der Waals surface area contributed by atoms with Crippen LogP contribution in [0.4, 0.5) is 10.5 Å². The van der Waals surface area contributed by atoms with Crippen LogP contribution in [0.1, 0.15) is 0 Å². The van der Waals surface area contributed by atoms with Gasteiger partial charge in [0.1, 0.15) is 4.90 Å². The van der Waals surface area contributed by atoms with Crippen LogP contribution in [0, 0.1) is 0 Å². The van der Waals surface area contributed by atoms with Gasteiger partial charge in [-0.1, -0.05) is 23.7 Å². The van der Waals surface area contributed by atoms with E-state index in [4.69, 9.17) is 11.6 Å². The highest BCUT2D eigenvalue weighted by Crippen LogP contribution is 2.32. The number of amides is 2. The number of benzene rings is 2. The van der Waals surface area contributed by atoms with Crippen LogP contribution < -0.4 is 10.2 Å². The first kappa shape index (κ1) is 15.8. The van der Waals surface area contributed by atoms with Crippen molar-refractivity contribution in [3.05, 3.63) is 47.5 Å². The van der Waals surface area contributed by atoms with Crippen molar-refractivity contribution in [3.63, 3.8) is 0 Å². The minimum Gasteiger partial charge on any atom is -0.336 e. The maximum Gasteiger partial charge on any atom is 0.321 e. The molecule has 1 aliphatic heterocycles. The summed E-state index contributed by atoms with van der Waals surface area (Å²) in [6, 6.07) is 10.7. The third-order valence-electron chi connectivity index (χ3n) is 3.56. The SMILES string of the molecule is O=C1NCCN1c1ccc(S(=O)(=O)O)c(-c2ccc(Cl)cc2)c1. The number of hydrogen-bond acceptors (Lipinski definition) is 3. The molecule has 1 fully saturated rings. The highest BCUT2D eigenvalue weighted by Gasteiger charge is 2.24. The topological polar surface area (TPSA) is 86.7 Å². The van der Waals surface area contributed by atoms with Gasteiger partial charge in [-0.15, -0.1) is 0 Å². The molecule has 0 aliphatic carbocycles. The Morgan fingerprint density at radius 1 is 1.13 bits per heavy atom. The Morgan fingerprint density at radius 2 is 1.83 bits per heavy atom. The van der Waals surface area contributed by atoms with Gasteiger partial charge >= 0.3 is 6.03 Å². The number of nitrogens with one attached hydrogen (secondary N) is 1. The third kappa shape index (κ3) is 3.17. The molecule has 0 bridgehead atoms. The second kappa shape index (κ2) is 5.84. The van der Waals surface area contributed by atoms with Gasteiger partial charge in [0.15, 0.2) is 0 Å². The minimum absolute atomic E-state index is 0.219. The summed E-state index contributed by atoms with van der Waals surface area (Å²) in [6.07, 6.45) is 0. The van der Waals surface area contributed by atoms with Gasteiger partial charge in [-0.25, -0.2) is 4.79 Å². The van der Waals surface area contributed by atoms with Gasteiger partial charge in [0.05, 0.1) is 0 Å². The van der Waals surface area contributed by atoms with Crippen LogP contribution in [0.25, 0.3) is 11.1 Å². The largest absolute Gasteiger partial charge is 0.336 e. The molecule has 0 spiro atoms. The van der Waals surface area contributed by atoms with Crippen LogP contribution >= 0.6 is 11.6 Å². The molecule has 1 heterocycles. The molecule has 8 heteroatoms. The van der Waals surface area contributed by atoms with E-state index >= 15 is 0 Å². The lowest BCUT2D eigenvalue weighted by Gasteiger charge is -2.17. The van der Waals surface area contributed by atoms with Gasteiger partial charge in [0, 0.05) is 29.4 Å². The normalized spacial score (nSPS) is 14.9. The number of carbonyl (C=O) groups is 1. The molecule has 0 radical (unpaired) electrons. The first-order valence-electron chi connectivity index (χ1n) is 6.79. The van der Waals surface area contributed by atoms with E-state index in [0.717, 1.165) is 0 Å². The van der Waals surface area contributed by atoms with Gasteiger partial charge in [-0.3, -0.25) is 9.45 Å². The monoisotopic (exact) mass is 352 g/mol. The molecule has 2 amide bonds. The van der Waals surface area contributed by atoms with E-state index in [9.17, 15) is 17.8 Å². The highest BCUT2D eigenvalue weighted by atomic mass is 35.5. The molecular formula is C15H13ClN2O4S. The lowest BCUT2D eigenvalue weighted by molar-refractivity contribution is 0.252. The summed E-state index contributed by atoms with van der Waals surface area (Å²) in [4.78, 5) is 13.1. The fourth-order valence-corrected chi connectivity index (χ4v) is 3.30. The molecule has 0 unspecified atom stereocenters. The Bertz CT molecular complexity index is 866. The van der Waals surface area contributed by atoms with Crippen LogP contribution in [0.2, 0.25) is 5.02 Å². The summed E-state index contributed by atoms with van der Waals surface area (Å²) in [5.41, 5.74) is 1.43. The van der Waals surface area contributed by atoms with Crippen molar-refractivity contribution >= 4 is 33.4 Å². The molecule has 0 atom stereocenters. The summed E-state index contributed by atoms with van der Waals surface area (Å²) in [6.45, 7) is 1.01. The Hall–Kier alpha value is -2.09. The lowest BCUT2D eigenvalue weighted by atomic mass is 10.0. The molecule has 3 rings (SSSR count). The molecule has 23 heavy (non-hydrogen) atoms. The summed E-state index contributed by atoms with van der Waals surface area (Å²) in [5, 5.41) is 3.19. The van der Waals surface area contributed by atoms with Crippen LogP contribution in [0.15, 0.2) is 47.4 Å². The number of halogens is 1. The zero-order valence-electron chi connectivity index (χ0n) is 11.9. The Kier molecular flexibility index (Phi) is 4.01. The number of nitrogens with zero attached hydrogens (tertiary/aromatic N) is 1. The average molecular weight is 353 g/mol. The van der Waals surface area contributed by atoms with Crippen molar-refractivity contribution in [1.82, 2.24) is 5.32 Å². The quantitative estimate of drug-likeness (QED) is 0.831. The number of rotatable bonds is 3. The Labute approximate surface area is 138 Å². The van der Waals surface area contributed by atoms with E-state index in [1.165, 1.54) is 17.0 Å². The van der Waals surface area contributed by atoms with Crippen molar-refractivity contribution < 1.29 is 17.8 Å². The van der Waals surface area contributed by atoms with Crippen molar-refractivity contribution in [1.29, 1.82) is 0 Å². The van der Waals surface area contributed by atoms with Gasteiger partial charge < -0.3 is 5.32 Å². The number of carbonyl (C=O) groups excluding carboxylic acids is 1. The van der Waals surface area contributed by atoms with Gasteiger partial charge in [-0.2, -0.15) is 8.42 Å². The highest BCUT2D eigenvalue weighted by molar-refractivity contribution is 7.86. The molecule has 6 nitrogen and oxygen atoms in total. The molecule has 120 valence electrons. The maximum atomic E-state index is 11.8. The first-order valence-corrected chi connectivity index (χ1v) is 8.61. The fourth-order valence-electron chi connectivity index (χ4n) is 2.48. The molecule has 1 aliphatic rings. The molecular weight excluding hydrogens is 340 g/mol. The van der Waals surface area contributed by atoms with Crippen LogP contribution in [-0.4, -0.2) is 32.1 Å². The first-order chi connectivity index (χ1) is 10.9. The predicted molar refractivity (Wildman–Crippen MR) is 87.4 cm³/mol. The Morgan fingerprint density at radius 3 is 2.39 bits per heavy atom. The Balaban J connectivity index is 2.16. The van der Waals surface area contributed by atoms with E-state index < -0.39 is 10.1 Å². The molecule has 0 aromatic heterocycles. The molecule has 0 saturated carbocycles.